The number of rotatable bonds is 54. The maximum absolute atomic E-state index is 14.2. The molecule has 10 amide bonds. The Morgan fingerprint density at radius 1 is 0.319 bits per heavy atom. The molecule has 0 aromatic heterocycles. The topological polar surface area (TPSA) is 625 Å². The van der Waals surface area contributed by atoms with Gasteiger partial charge >= 0.3 is 0 Å². The Morgan fingerprint density at radius 2 is 0.584 bits per heavy atom. The minimum absolute atomic E-state index is 0.0229. The fourth-order valence-electron chi connectivity index (χ4n) is 13.1. The molecule has 4 rings (SSSR count). The number of aliphatic hydroxyl groups is 12. The first-order valence-electron chi connectivity index (χ1n) is 39.2. The summed E-state index contributed by atoms with van der Waals surface area (Å²) in [6.45, 7) is 4.34. The van der Waals surface area contributed by atoms with Crippen molar-refractivity contribution in [3.05, 3.63) is 0 Å². The molecule has 0 radical (unpaired) electrons. The number of hydrogen-bond acceptors (Lipinski definition) is 31. The Balaban J connectivity index is 1.34. The number of Topliss-reactive ketones (excluding diaryl/α,β-unsaturated/α-hetero) is 1. The normalized spacial score (nSPS) is 28.4. The molecule has 4 heterocycles. The lowest BCUT2D eigenvalue weighted by Crippen LogP contribution is -2.64. The van der Waals surface area contributed by atoms with Gasteiger partial charge in [-0.25, -0.2) is 0 Å². The molecule has 650 valence electrons. The third-order valence-electron chi connectivity index (χ3n) is 19.4. The molecule has 23 atom stereocenters. The van der Waals surface area contributed by atoms with E-state index in [1.807, 2.05) is 0 Å². The van der Waals surface area contributed by atoms with E-state index in [-0.39, 0.29) is 141 Å². The third kappa shape index (κ3) is 35.1. The summed E-state index contributed by atoms with van der Waals surface area (Å²) in [6.07, 6.45) is -17.0. The summed E-state index contributed by atoms with van der Waals surface area (Å²) in [5.41, 5.74) is 0. The molecule has 0 aromatic rings. The standard InChI is InChI=1S/C72H126N10O31/c1-6-46(91)43(82-68(105)45(81-54(95)27-13-20-34-109-72-58(79-42(5)90)66(103)62(99)50(38-86)113-72)23-9-15-29-74-52(93)25-11-18-32-107-70-56(77-40(3)88)64(101)60(97)48(36-84)111-70)21-7-16-30-75-67(104)44(80-53(94)26-12-19-33-108-71-57(78-41(4)89)65(102)61(98)49(37-85)112-71)22-8-14-28-73-51(92)24-10-17-31-106-69-55(76-39(2)87)63(100)59(96)47(35-83)110-69/h43-45,47-50,55-66,69-72,83-86,96-103H,6-38H2,1-5H3,(H,73,92)(H,74,93)(H,75,104)(H,76,87)(H,77,88)(H,78,89)(H,79,90)(H,80,94)(H,81,95)(H,82,105)/t43?,44?,45?,47?,48?,49?,50?,55-,56-,57-,58-,59-,60-,61-,62-,63?,64?,65?,66?,69+,70+,71+,72+/m0/s1. The van der Waals surface area contributed by atoms with Crippen molar-refractivity contribution in [2.45, 2.75) is 317 Å². The molecule has 0 aromatic carbocycles. The molecular weight excluding hydrogens is 1500 g/mol. The van der Waals surface area contributed by atoms with Crippen LogP contribution in [-0.4, -0.2) is 339 Å². The molecule has 22 N–H and O–H groups in total. The molecule has 0 spiro atoms. The number of carbonyl (C=O) groups is 11. The number of carbonyl (C=O) groups excluding carboxylic acids is 11. The van der Waals surface area contributed by atoms with Crippen molar-refractivity contribution in [2.75, 3.05) is 72.5 Å². The lowest BCUT2D eigenvalue weighted by atomic mass is 9.97. The Bertz CT molecular complexity index is 2900. The van der Waals surface area contributed by atoms with Crippen LogP contribution in [0.15, 0.2) is 0 Å². The quantitative estimate of drug-likeness (QED) is 0.0252. The van der Waals surface area contributed by atoms with E-state index in [2.05, 4.69) is 53.2 Å². The van der Waals surface area contributed by atoms with Gasteiger partial charge in [0.1, 0.15) is 109 Å². The fourth-order valence-corrected chi connectivity index (χ4v) is 13.1. The van der Waals surface area contributed by atoms with Crippen LogP contribution in [0.5, 0.6) is 0 Å². The van der Waals surface area contributed by atoms with E-state index < -0.39 is 214 Å². The summed E-state index contributed by atoms with van der Waals surface area (Å²) in [4.78, 5) is 142. The monoisotopic (exact) mass is 1630 g/mol. The van der Waals surface area contributed by atoms with Gasteiger partial charge in [0.2, 0.25) is 59.1 Å². The van der Waals surface area contributed by atoms with Crippen molar-refractivity contribution in [1.29, 1.82) is 0 Å². The van der Waals surface area contributed by atoms with Crippen LogP contribution < -0.4 is 53.2 Å². The molecule has 41 heteroatoms. The van der Waals surface area contributed by atoms with Crippen molar-refractivity contribution >= 4 is 64.9 Å². The summed E-state index contributed by atoms with van der Waals surface area (Å²) in [5, 5.41) is 149. The van der Waals surface area contributed by atoms with Gasteiger partial charge in [-0.2, -0.15) is 0 Å². The van der Waals surface area contributed by atoms with Gasteiger partial charge in [0.05, 0.1) is 32.5 Å². The summed E-state index contributed by atoms with van der Waals surface area (Å²) in [6, 6.07) is -7.86. The van der Waals surface area contributed by atoms with Crippen LogP contribution in [0.25, 0.3) is 0 Å². The van der Waals surface area contributed by atoms with Crippen LogP contribution in [0, 0.1) is 0 Å². The molecule has 0 bridgehead atoms. The summed E-state index contributed by atoms with van der Waals surface area (Å²) in [7, 11) is 0. The first-order chi connectivity index (χ1) is 53.9. The molecule has 11 unspecified atom stereocenters. The summed E-state index contributed by atoms with van der Waals surface area (Å²) in [5.74, 6) is -5.27. The zero-order valence-electron chi connectivity index (χ0n) is 65.2. The van der Waals surface area contributed by atoms with Gasteiger partial charge in [-0.1, -0.05) is 6.92 Å². The molecule has 0 saturated carbocycles. The Labute approximate surface area is 656 Å². The Hall–Kier alpha value is -6.43. The largest absolute Gasteiger partial charge is 0.394 e. The van der Waals surface area contributed by atoms with E-state index >= 15 is 0 Å². The molecule has 4 fully saturated rings. The van der Waals surface area contributed by atoms with Crippen LogP contribution in [0.2, 0.25) is 0 Å². The van der Waals surface area contributed by atoms with E-state index in [1.165, 1.54) is 27.7 Å². The van der Waals surface area contributed by atoms with Crippen molar-refractivity contribution in [3.8, 4) is 0 Å². The summed E-state index contributed by atoms with van der Waals surface area (Å²) < 4.78 is 45.4. The number of nitrogens with one attached hydrogen (secondary N) is 10. The molecule has 113 heavy (non-hydrogen) atoms. The third-order valence-corrected chi connectivity index (χ3v) is 19.4. The van der Waals surface area contributed by atoms with Gasteiger partial charge < -0.3 is 152 Å². The van der Waals surface area contributed by atoms with Gasteiger partial charge in [-0.15, -0.1) is 0 Å². The minimum Gasteiger partial charge on any atom is -0.394 e. The van der Waals surface area contributed by atoms with E-state index in [1.54, 1.807) is 6.92 Å². The molecule has 4 aliphatic heterocycles. The second kappa shape index (κ2) is 53.7. The lowest BCUT2D eigenvalue weighted by molar-refractivity contribution is -0.270. The Kier molecular flexibility index (Phi) is 47.0. The first-order valence-corrected chi connectivity index (χ1v) is 39.2. The number of amides is 10. The second-order valence-electron chi connectivity index (χ2n) is 28.6. The second-order valence-corrected chi connectivity index (χ2v) is 28.6. The van der Waals surface area contributed by atoms with Crippen molar-refractivity contribution in [2.24, 2.45) is 0 Å². The minimum atomic E-state index is -1.54. The highest BCUT2D eigenvalue weighted by molar-refractivity contribution is 5.93. The van der Waals surface area contributed by atoms with Crippen molar-refractivity contribution < 1.29 is 152 Å². The predicted molar refractivity (Wildman–Crippen MR) is 392 cm³/mol. The first kappa shape index (κ1) is 98.9. The number of hydrogen-bond donors (Lipinski definition) is 22. The van der Waals surface area contributed by atoms with Crippen molar-refractivity contribution in [3.63, 3.8) is 0 Å². The van der Waals surface area contributed by atoms with E-state index in [0.29, 0.717) is 64.2 Å². The van der Waals surface area contributed by atoms with Crippen LogP contribution >= 0.6 is 0 Å². The molecule has 4 saturated heterocycles. The van der Waals surface area contributed by atoms with E-state index in [4.69, 9.17) is 37.9 Å². The van der Waals surface area contributed by atoms with Crippen LogP contribution in [-0.2, 0) is 90.6 Å². The van der Waals surface area contributed by atoms with Gasteiger partial charge in [0, 0.05) is 106 Å². The van der Waals surface area contributed by atoms with Crippen molar-refractivity contribution in [1.82, 2.24) is 53.2 Å². The van der Waals surface area contributed by atoms with Gasteiger partial charge in [-0.05, 0) is 109 Å². The zero-order chi connectivity index (χ0) is 83.7. The number of aliphatic hydroxyl groups excluding tert-OH is 12. The number of ketones is 1. The van der Waals surface area contributed by atoms with Gasteiger partial charge in [0.25, 0.3) is 0 Å². The average molecular weight is 1630 g/mol. The number of unbranched alkanes of at least 4 members (excludes halogenated alkanes) is 7. The summed E-state index contributed by atoms with van der Waals surface area (Å²) >= 11 is 0. The molecule has 41 nitrogen and oxygen atoms in total. The SMILES string of the molecule is CCC(=O)C(CCCCNC(=O)C(CCCCNC(=O)CCCCO[C@@H]1OC(CO)[C@H](O)C(O)[C@@H]1NC(C)=O)NC(=O)CCCCO[C@@H]1OC(CO)[C@H](O)C(O)[C@@H]1NC(C)=O)NC(=O)C(CCCCNC(=O)CCCCO[C@@H]1OC(CO)[C@H](O)C(O)[C@@H]1NC(C)=O)NC(=O)CCCCO[C@@H]1OC(CO)[C@H](O)C(O)[C@@H]1NC(C)=O. The zero-order valence-corrected chi connectivity index (χ0v) is 65.2. The Morgan fingerprint density at radius 3 is 0.858 bits per heavy atom. The van der Waals surface area contributed by atoms with Crippen LogP contribution in [0.4, 0.5) is 0 Å². The lowest BCUT2D eigenvalue weighted by Gasteiger charge is -2.42. The van der Waals surface area contributed by atoms with Gasteiger partial charge in [-0.3, -0.25) is 52.7 Å². The average Bonchev–Trinajstić information content (AvgIpc) is 0.826. The van der Waals surface area contributed by atoms with Crippen LogP contribution in [0.3, 0.4) is 0 Å². The van der Waals surface area contributed by atoms with Crippen LogP contribution in [0.1, 0.15) is 176 Å². The highest BCUT2D eigenvalue weighted by Gasteiger charge is 2.49. The van der Waals surface area contributed by atoms with Gasteiger partial charge in [0.15, 0.2) is 30.9 Å². The maximum atomic E-state index is 14.2. The fraction of sp³-hybridized carbons (Fsp3) is 0.847. The molecular formula is C72H126N10O31. The number of ether oxygens (including phenoxy) is 8. The van der Waals surface area contributed by atoms with E-state index in [0.717, 1.165) is 0 Å². The smallest absolute Gasteiger partial charge is 0.243 e. The molecule has 0 aliphatic carbocycles. The van der Waals surface area contributed by atoms with E-state index in [9.17, 15) is 114 Å². The highest BCUT2D eigenvalue weighted by atomic mass is 16.7. The predicted octanol–water partition coefficient (Wildman–Crippen LogP) is -7.20. The maximum Gasteiger partial charge on any atom is 0.243 e. The highest BCUT2D eigenvalue weighted by Crippen LogP contribution is 2.27. The molecule has 4 aliphatic rings.